The molecule has 1 aliphatic carbocycles. The summed E-state index contributed by atoms with van der Waals surface area (Å²) in [5.74, 6) is 1.49. The Bertz CT molecular complexity index is 2680. The Morgan fingerprint density at radius 3 is 2.12 bits per heavy atom. The summed E-state index contributed by atoms with van der Waals surface area (Å²) < 4.78 is 6.58. The molecule has 3 heterocycles. The quantitative estimate of drug-likeness (QED) is 0.0818. The van der Waals surface area contributed by atoms with Gasteiger partial charge in [0.2, 0.25) is 5.71 Å². The summed E-state index contributed by atoms with van der Waals surface area (Å²) in [5, 5.41) is 15.1. The van der Waals surface area contributed by atoms with E-state index in [1.807, 2.05) is 54.5 Å². The van der Waals surface area contributed by atoms with Gasteiger partial charge in [-0.15, -0.1) is 18.2 Å². The van der Waals surface area contributed by atoms with Crippen molar-refractivity contribution in [1.82, 2.24) is 15.0 Å². The summed E-state index contributed by atoms with van der Waals surface area (Å²) in [4.78, 5) is 26.6. The van der Waals surface area contributed by atoms with Crippen LogP contribution >= 0.6 is 0 Å². The van der Waals surface area contributed by atoms with Crippen LogP contribution in [0.5, 0.6) is 0 Å². The molecule has 1 saturated carbocycles. The van der Waals surface area contributed by atoms with Crippen molar-refractivity contribution in [3.8, 4) is 22.5 Å². The first kappa shape index (κ1) is 41.9. The third-order valence-corrected chi connectivity index (χ3v) is 11.4. The second-order valence-electron chi connectivity index (χ2n) is 17.8. The van der Waals surface area contributed by atoms with E-state index in [9.17, 15) is 9.90 Å². The molecule has 0 amide bonds. The first-order chi connectivity index (χ1) is 26.4. The minimum Gasteiger partial charge on any atom is -0.512 e. The van der Waals surface area contributed by atoms with Gasteiger partial charge in [-0.05, 0) is 104 Å². The Kier molecular flexibility index (Phi) is 11.7. The first-order valence-electron chi connectivity index (χ1n) is 19.9. The molecule has 0 aliphatic heterocycles. The Morgan fingerprint density at radius 2 is 1.47 bits per heavy atom. The smallest absolute Gasteiger partial charge is 0.216 e. The maximum atomic E-state index is 11.5. The van der Waals surface area contributed by atoms with Crippen molar-refractivity contribution in [2.24, 2.45) is 10.8 Å². The van der Waals surface area contributed by atoms with Gasteiger partial charge in [-0.1, -0.05) is 102 Å². The van der Waals surface area contributed by atoms with Crippen LogP contribution in [0.2, 0.25) is 0 Å². The molecular weight excluding hydrogens is 883 g/mol. The first-order valence-corrected chi connectivity index (χ1v) is 19.9. The number of fused-ring (bicyclic) bond motifs is 6. The molecule has 0 saturated heterocycles. The third kappa shape index (κ3) is 8.07. The van der Waals surface area contributed by atoms with E-state index in [-0.39, 0.29) is 37.1 Å². The van der Waals surface area contributed by atoms with E-state index in [1.165, 1.54) is 70.3 Å². The van der Waals surface area contributed by atoms with E-state index in [4.69, 9.17) is 19.4 Å². The van der Waals surface area contributed by atoms with E-state index in [0.29, 0.717) is 11.6 Å². The van der Waals surface area contributed by atoms with Crippen LogP contribution in [0.1, 0.15) is 107 Å². The summed E-state index contributed by atoms with van der Waals surface area (Å²) >= 11 is 0. The number of hydrogen-bond acceptors (Lipinski definition) is 6. The molecule has 6 nitrogen and oxygen atoms in total. The van der Waals surface area contributed by atoms with Gasteiger partial charge in [-0.25, -0.2) is 9.97 Å². The van der Waals surface area contributed by atoms with Crippen molar-refractivity contribution < 1.29 is 34.4 Å². The van der Waals surface area contributed by atoms with Gasteiger partial charge in [0.05, 0.1) is 16.8 Å². The fourth-order valence-electron chi connectivity index (χ4n) is 8.32. The van der Waals surface area contributed by atoms with Gasteiger partial charge in [-0.3, -0.25) is 9.78 Å². The summed E-state index contributed by atoms with van der Waals surface area (Å²) in [6.07, 6.45) is 6.53. The van der Waals surface area contributed by atoms with Gasteiger partial charge >= 0.3 is 0 Å². The second kappa shape index (κ2) is 15.9. The number of pyridine rings is 1. The molecule has 1 radical (unpaired) electrons. The molecule has 4 aromatic carbocycles. The van der Waals surface area contributed by atoms with Crippen molar-refractivity contribution >= 4 is 49.5 Å². The van der Waals surface area contributed by atoms with Gasteiger partial charge in [0.25, 0.3) is 0 Å². The summed E-state index contributed by atoms with van der Waals surface area (Å²) in [6, 6.07) is 24.9. The number of aliphatic hydroxyl groups excluding tert-OH is 1. The molecule has 1 fully saturated rings. The number of carbonyl (C=O) groups is 1. The predicted octanol–water partition coefficient (Wildman–Crippen LogP) is 13.5. The number of rotatable bonds is 4. The predicted molar refractivity (Wildman–Crippen MR) is 231 cm³/mol. The number of hydrogen-bond donors (Lipinski definition) is 1. The van der Waals surface area contributed by atoms with Crippen molar-refractivity contribution in [1.29, 1.82) is 0 Å². The molecule has 297 valence electrons. The summed E-state index contributed by atoms with van der Waals surface area (Å²) in [5.41, 5.74) is 12.1. The van der Waals surface area contributed by atoms with Crippen molar-refractivity contribution in [3.63, 3.8) is 0 Å². The van der Waals surface area contributed by atoms with Crippen molar-refractivity contribution in [2.75, 3.05) is 0 Å². The number of furan rings is 1. The molecule has 8 rings (SSSR count). The Balaban J connectivity index is 0.000000340. The fraction of sp³-hybridized carbons (Fsp3) is 0.360. The largest absolute Gasteiger partial charge is 0.512 e. The molecule has 1 N–H and O–H groups in total. The number of carbonyl (C=O) groups excluding carboxylic acids is 1. The van der Waals surface area contributed by atoms with Crippen LogP contribution < -0.4 is 0 Å². The Morgan fingerprint density at radius 1 is 0.807 bits per heavy atom. The molecule has 57 heavy (non-hydrogen) atoms. The third-order valence-electron chi connectivity index (χ3n) is 11.4. The van der Waals surface area contributed by atoms with Crippen LogP contribution in [0.3, 0.4) is 0 Å². The zero-order valence-electron chi connectivity index (χ0n) is 35.2. The minimum absolute atomic E-state index is 0. The van der Waals surface area contributed by atoms with Crippen molar-refractivity contribution in [3.05, 3.63) is 112 Å². The zero-order valence-corrected chi connectivity index (χ0v) is 37.6. The average Bonchev–Trinajstić information content (AvgIpc) is 3.78. The normalized spacial score (nSPS) is 14.0. The molecule has 7 aromatic rings. The van der Waals surface area contributed by atoms with Crippen LogP contribution in [-0.4, -0.2) is 25.8 Å². The van der Waals surface area contributed by atoms with Gasteiger partial charge < -0.3 is 9.52 Å². The summed E-state index contributed by atoms with van der Waals surface area (Å²) in [6.45, 7) is 21.9. The van der Waals surface area contributed by atoms with E-state index < -0.39 is 5.41 Å². The average molecular weight is 937 g/mol. The summed E-state index contributed by atoms with van der Waals surface area (Å²) in [7, 11) is 0. The van der Waals surface area contributed by atoms with Crippen molar-refractivity contribution in [2.45, 2.75) is 108 Å². The Labute approximate surface area is 350 Å². The number of aromatic nitrogens is 3. The molecule has 0 spiro atoms. The van der Waals surface area contributed by atoms with Crippen LogP contribution in [0.4, 0.5) is 0 Å². The van der Waals surface area contributed by atoms with E-state index in [2.05, 4.69) is 88.4 Å². The number of nitrogens with zero attached hydrogens (tertiary/aromatic N) is 3. The number of aliphatic hydroxyl groups is 1. The molecule has 7 heteroatoms. The maximum Gasteiger partial charge on any atom is 0.216 e. The fourth-order valence-corrected chi connectivity index (χ4v) is 8.32. The van der Waals surface area contributed by atoms with Crippen LogP contribution in [0, 0.1) is 51.5 Å². The standard InChI is InChI=1S/C39H34N3O.C11H20O2.Ir/c1-21-10-8-11-22(2)33(21)32-19-18-29-28-14-9-15-31(38(28)43-39(29)42-32)36-30-17-16-27-20-23(3)34(26-12-6-7-13-26)24(4)35(27)37(30)41-25(5)40-36;1-10(2,3)8(12)7-9(13)11(4,5)6;/h8-11,14,16-20,26H,6-7,12-13H2,1-5H3;7,12H,1-6H3;/q-1;;/b;8-7-;. The SMILES string of the molecule is CC(C)(C)C(=O)/C=C(\O)C(C)(C)C.Cc1nc(-c2[c-]ccc3c2oc2nc(-c4c(C)cccc4C)ccc23)c2ccc3cc(C)c(C4CCCC4)c(C)c3c2n1.[Ir]. The molecule has 3 aromatic heterocycles. The molecule has 0 unspecified atom stereocenters. The monoisotopic (exact) mass is 937 g/mol. The topological polar surface area (TPSA) is 89.1 Å². The van der Waals surface area contributed by atoms with E-state index >= 15 is 0 Å². The number of allylic oxidation sites excluding steroid dienone is 2. The van der Waals surface area contributed by atoms with Crippen LogP contribution in [0.25, 0.3) is 66.3 Å². The molecular formula is C50H54IrN3O3-. The molecule has 0 atom stereocenters. The van der Waals surface area contributed by atoms with Gasteiger partial charge in [0.1, 0.15) is 11.6 Å². The second-order valence-corrected chi connectivity index (χ2v) is 17.8. The zero-order chi connectivity index (χ0) is 40.3. The Hall–Kier alpha value is -4.71. The van der Waals surface area contributed by atoms with Gasteiger partial charge in [-0.2, -0.15) is 0 Å². The maximum absolute atomic E-state index is 11.5. The minimum atomic E-state index is -0.417. The van der Waals surface area contributed by atoms with E-state index in [1.54, 1.807) is 0 Å². The molecule has 1 aliphatic rings. The van der Waals surface area contributed by atoms with Crippen LogP contribution in [0.15, 0.2) is 76.9 Å². The number of ketones is 1. The number of aryl methyl sites for hydroxylation is 5. The van der Waals surface area contributed by atoms with E-state index in [0.717, 1.165) is 55.6 Å². The van der Waals surface area contributed by atoms with Gasteiger partial charge in [0, 0.05) is 59.0 Å². The van der Waals surface area contributed by atoms with Crippen LogP contribution in [-0.2, 0) is 24.9 Å². The van der Waals surface area contributed by atoms with Gasteiger partial charge in [0.15, 0.2) is 5.78 Å². The number of benzene rings is 4. The molecule has 0 bridgehead atoms.